The van der Waals surface area contributed by atoms with Crippen LogP contribution in [0.1, 0.15) is 12.0 Å². The molecule has 1 amide bonds. The molecule has 1 heterocycles. The van der Waals surface area contributed by atoms with Crippen molar-refractivity contribution in [2.24, 2.45) is 0 Å². The van der Waals surface area contributed by atoms with Crippen molar-refractivity contribution in [2.75, 3.05) is 13.6 Å². The van der Waals surface area contributed by atoms with Crippen molar-refractivity contribution in [3.05, 3.63) is 33.1 Å². The monoisotopic (exact) mass is 359 g/mol. The Hall–Kier alpha value is -1.13. The van der Waals surface area contributed by atoms with Gasteiger partial charge in [0.1, 0.15) is 5.82 Å². The number of hydrogen-bond acceptors (Lipinski definition) is 2. The van der Waals surface area contributed by atoms with E-state index in [-0.39, 0.29) is 12.0 Å². The van der Waals surface area contributed by atoms with E-state index in [1.807, 2.05) is 22.6 Å². The molecule has 0 aromatic heterocycles. The van der Waals surface area contributed by atoms with Crippen LogP contribution in [0.3, 0.4) is 0 Å². The fraction of sp³-hybridized carbons (Fsp3) is 0.308. The smallest absolute Gasteiger partial charge is 0.267 e. The van der Waals surface area contributed by atoms with Gasteiger partial charge in [0, 0.05) is 23.6 Å². The Morgan fingerprint density at radius 3 is 2.89 bits per heavy atom. The Balaban J connectivity index is 2.32. The van der Waals surface area contributed by atoms with E-state index in [2.05, 4.69) is 11.8 Å². The predicted octanol–water partition coefficient (Wildman–Crippen LogP) is 1.38. The summed E-state index contributed by atoms with van der Waals surface area (Å²) >= 11 is 2.05. The Labute approximate surface area is 118 Å². The molecule has 2 rings (SSSR count). The molecule has 3 nitrogen and oxygen atoms in total. The summed E-state index contributed by atoms with van der Waals surface area (Å²) in [5.74, 6) is 4.17. The summed E-state index contributed by atoms with van der Waals surface area (Å²) in [5, 5.41) is 10.1. The number of rotatable bonds is 0. The Morgan fingerprint density at radius 2 is 2.28 bits per heavy atom. The van der Waals surface area contributed by atoms with Gasteiger partial charge in [0.2, 0.25) is 5.60 Å². The van der Waals surface area contributed by atoms with Gasteiger partial charge in [-0.3, -0.25) is 4.79 Å². The third kappa shape index (κ3) is 2.49. The molecular weight excluding hydrogens is 348 g/mol. The van der Waals surface area contributed by atoms with Crippen LogP contribution in [0.25, 0.3) is 0 Å². The molecular formula is C13H11FINO2. The second-order valence-corrected chi connectivity index (χ2v) is 5.46. The molecule has 1 saturated heterocycles. The number of nitrogens with zero attached hydrogens (tertiary/aromatic N) is 1. The lowest BCUT2D eigenvalue weighted by Crippen LogP contribution is -2.37. The van der Waals surface area contributed by atoms with Gasteiger partial charge < -0.3 is 10.0 Å². The minimum atomic E-state index is -1.68. The molecule has 0 spiro atoms. The fourth-order valence-electron chi connectivity index (χ4n) is 1.73. The highest BCUT2D eigenvalue weighted by molar-refractivity contribution is 14.1. The summed E-state index contributed by atoms with van der Waals surface area (Å²) in [5.41, 5.74) is -1.49. The summed E-state index contributed by atoms with van der Waals surface area (Å²) in [7, 11) is 1.61. The molecule has 0 saturated carbocycles. The zero-order chi connectivity index (χ0) is 13.3. The molecule has 1 aromatic carbocycles. The minimum absolute atomic E-state index is 0.192. The number of hydrogen-bond donors (Lipinski definition) is 1. The van der Waals surface area contributed by atoms with E-state index < -0.39 is 17.3 Å². The number of aliphatic hydroxyl groups is 1. The number of likely N-dealkylation sites (N-methyl/N-ethyl adjacent to an activating group) is 1. The van der Waals surface area contributed by atoms with Crippen LogP contribution in [-0.4, -0.2) is 35.1 Å². The second-order valence-electron chi connectivity index (χ2n) is 4.21. The van der Waals surface area contributed by atoms with Gasteiger partial charge >= 0.3 is 0 Å². The maximum atomic E-state index is 13.5. The maximum Gasteiger partial charge on any atom is 0.267 e. The van der Waals surface area contributed by atoms with Gasteiger partial charge in [-0.1, -0.05) is 11.8 Å². The van der Waals surface area contributed by atoms with Crippen molar-refractivity contribution >= 4 is 28.5 Å². The lowest BCUT2D eigenvalue weighted by Gasteiger charge is -2.13. The minimum Gasteiger partial charge on any atom is -0.369 e. The molecule has 0 bridgehead atoms. The highest BCUT2D eigenvalue weighted by Gasteiger charge is 2.42. The SMILES string of the molecule is CN1CC[C@@](O)(C#Cc2cc(I)ccc2F)C1=O. The van der Waals surface area contributed by atoms with Crippen molar-refractivity contribution in [1.82, 2.24) is 4.90 Å². The number of carbonyl (C=O) groups is 1. The largest absolute Gasteiger partial charge is 0.369 e. The zero-order valence-corrected chi connectivity index (χ0v) is 11.9. The van der Waals surface area contributed by atoms with Gasteiger partial charge in [-0.2, -0.15) is 0 Å². The van der Waals surface area contributed by atoms with Crippen molar-refractivity contribution in [3.8, 4) is 11.8 Å². The predicted molar refractivity (Wildman–Crippen MR) is 73.2 cm³/mol. The van der Waals surface area contributed by atoms with Gasteiger partial charge in [0.25, 0.3) is 5.91 Å². The lowest BCUT2D eigenvalue weighted by atomic mass is 10.0. The quantitative estimate of drug-likeness (QED) is 0.562. The van der Waals surface area contributed by atoms with Crippen LogP contribution in [0.5, 0.6) is 0 Å². The van der Waals surface area contributed by atoms with Crippen LogP contribution < -0.4 is 0 Å². The number of halogens is 2. The summed E-state index contributed by atoms with van der Waals surface area (Å²) in [6.07, 6.45) is 0.251. The van der Waals surface area contributed by atoms with E-state index >= 15 is 0 Å². The molecule has 5 heteroatoms. The number of benzene rings is 1. The van der Waals surface area contributed by atoms with Crippen LogP contribution in [0.2, 0.25) is 0 Å². The first-order valence-electron chi connectivity index (χ1n) is 5.38. The molecule has 1 atom stereocenters. The normalized spacial score (nSPS) is 22.9. The Bertz CT molecular complexity index is 564. The maximum absolute atomic E-state index is 13.5. The van der Waals surface area contributed by atoms with E-state index in [9.17, 15) is 14.3 Å². The van der Waals surface area contributed by atoms with Gasteiger partial charge in [-0.15, -0.1) is 0 Å². The van der Waals surface area contributed by atoms with Gasteiger partial charge in [-0.25, -0.2) is 4.39 Å². The third-order valence-corrected chi connectivity index (χ3v) is 3.51. The van der Waals surface area contributed by atoms with E-state index in [1.54, 1.807) is 19.2 Å². The third-order valence-electron chi connectivity index (χ3n) is 2.84. The fourth-order valence-corrected chi connectivity index (χ4v) is 2.22. The first kappa shape index (κ1) is 13.3. The molecule has 1 N–H and O–H groups in total. The highest BCUT2D eigenvalue weighted by Crippen LogP contribution is 2.21. The van der Waals surface area contributed by atoms with Crippen molar-refractivity contribution in [1.29, 1.82) is 0 Å². The van der Waals surface area contributed by atoms with E-state index in [0.717, 1.165) is 3.57 Å². The first-order chi connectivity index (χ1) is 8.42. The summed E-state index contributed by atoms with van der Waals surface area (Å²) in [4.78, 5) is 13.1. The summed E-state index contributed by atoms with van der Waals surface area (Å²) < 4.78 is 14.3. The van der Waals surface area contributed by atoms with Crippen LogP contribution in [0, 0.1) is 21.2 Å². The Morgan fingerprint density at radius 1 is 1.56 bits per heavy atom. The average Bonchev–Trinajstić information content (AvgIpc) is 2.59. The van der Waals surface area contributed by atoms with E-state index in [4.69, 9.17) is 0 Å². The van der Waals surface area contributed by atoms with E-state index in [0.29, 0.717) is 6.54 Å². The van der Waals surface area contributed by atoms with E-state index in [1.165, 1.54) is 11.0 Å². The average molecular weight is 359 g/mol. The summed E-state index contributed by atoms with van der Waals surface area (Å²) in [6, 6.07) is 4.53. The molecule has 1 fully saturated rings. The van der Waals surface area contributed by atoms with Crippen LogP contribution in [-0.2, 0) is 4.79 Å². The number of carbonyl (C=O) groups excluding carboxylic acids is 1. The standard InChI is InChI=1S/C13H11FINO2/c1-16-7-6-13(18,12(16)17)5-4-9-8-10(15)2-3-11(9)14/h2-3,8,18H,6-7H2,1H3/t13-/m0/s1. The van der Waals surface area contributed by atoms with Gasteiger partial charge in [0.15, 0.2) is 0 Å². The van der Waals surface area contributed by atoms with Crippen LogP contribution in [0.4, 0.5) is 4.39 Å². The zero-order valence-electron chi connectivity index (χ0n) is 9.70. The van der Waals surface area contributed by atoms with Crippen molar-refractivity contribution < 1.29 is 14.3 Å². The Kier molecular flexibility index (Phi) is 3.59. The lowest BCUT2D eigenvalue weighted by molar-refractivity contribution is -0.137. The van der Waals surface area contributed by atoms with Crippen LogP contribution in [0.15, 0.2) is 18.2 Å². The van der Waals surface area contributed by atoms with Gasteiger partial charge in [0.05, 0.1) is 5.56 Å². The molecule has 18 heavy (non-hydrogen) atoms. The van der Waals surface area contributed by atoms with Crippen molar-refractivity contribution in [3.63, 3.8) is 0 Å². The van der Waals surface area contributed by atoms with Crippen molar-refractivity contribution in [2.45, 2.75) is 12.0 Å². The number of likely N-dealkylation sites (tertiary alicyclic amines) is 1. The first-order valence-corrected chi connectivity index (χ1v) is 6.46. The molecule has 94 valence electrons. The highest BCUT2D eigenvalue weighted by atomic mass is 127. The molecule has 0 aliphatic carbocycles. The molecule has 1 aliphatic rings. The summed E-state index contributed by atoms with van der Waals surface area (Å²) in [6.45, 7) is 0.457. The van der Waals surface area contributed by atoms with Gasteiger partial charge in [-0.05, 0) is 40.8 Å². The van der Waals surface area contributed by atoms with Crippen LogP contribution >= 0.6 is 22.6 Å². The topological polar surface area (TPSA) is 40.5 Å². The molecule has 1 aromatic rings. The molecule has 0 unspecified atom stereocenters. The molecule has 1 aliphatic heterocycles. The molecule has 0 radical (unpaired) electrons. The second kappa shape index (κ2) is 4.86. The number of amides is 1.